The molecule has 0 aliphatic carbocycles. The Balaban J connectivity index is 1.57. The molecule has 0 fully saturated rings. The van der Waals surface area contributed by atoms with Crippen LogP contribution in [0.15, 0.2) is 60.7 Å². The van der Waals surface area contributed by atoms with Gasteiger partial charge >= 0.3 is 6.09 Å². The summed E-state index contributed by atoms with van der Waals surface area (Å²) in [6.07, 6.45) is 0.306. The van der Waals surface area contributed by atoms with Crippen LogP contribution in [-0.2, 0) is 22.5 Å². The van der Waals surface area contributed by atoms with Crippen molar-refractivity contribution in [3.63, 3.8) is 0 Å². The highest BCUT2D eigenvalue weighted by Gasteiger charge is 2.30. The molecule has 2 heterocycles. The number of ether oxygens (including phenoxy) is 1. The molecular weight excluding hydrogens is 450 g/mol. The number of nitrogens with zero attached hydrogens (tertiary/aromatic N) is 1. The molecule has 3 amide bonds. The lowest BCUT2D eigenvalue weighted by Gasteiger charge is -2.26. The van der Waals surface area contributed by atoms with Crippen molar-refractivity contribution < 1.29 is 19.1 Å². The summed E-state index contributed by atoms with van der Waals surface area (Å²) in [6, 6.07) is 19.7. The lowest BCUT2D eigenvalue weighted by atomic mass is 9.88. The maximum absolute atomic E-state index is 13.2. The van der Waals surface area contributed by atoms with E-state index in [0.29, 0.717) is 36.7 Å². The molecule has 0 unspecified atom stereocenters. The average molecular weight is 478 g/mol. The van der Waals surface area contributed by atoms with Gasteiger partial charge in [0.05, 0.1) is 18.7 Å². The first-order chi connectivity index (χ1) is 16.5. The third kappa shape index (κ3) is 5.12. The molecule has 1 aliphatic rings. The minimum absolute atomic E-state index is 0.131. The first-order valence-electron chi connectivity index (χ1n) is 11.2. The maximum Gasteiger partial charge on any atom is 0.410 e. The van der Waals surface area contributed by atoms with E-state index in [1.54, 1.807) is 11.8 Å². The first kappa shape index (κ1) is 23.5. The van der Waals surface area contributed by atoms with Crippen LogP contribution in [0.25, 0.3) is 0 Å². The Bertz CT molecular complexity index is 1140. The quantitative estimate of drug-likeness (QED) is 0.522. The molecule has 3 N–H and O–H groups in total. The maximum atomic E-state index is 13.2. The van der Waals surface area contributed by atoms with Crippen molar-refractivity contribution in [2.75, 3.05) is 18.5 Å². The van der Waals surface area contributed by atoms with Gasteiger partial charge in [-0.25, -0.2) is 4.79 Å². The summed E-state index contributed by atoms with van der Waals surface area (Å²) in [4.78, 5) is 40.1. The first-order valence-corrected chi connectivity index (χ1v) is 12.0. The fraction of sp³-hybridized carbons (Fsp3) is 0.269. The summed E-state index contributed by atoms with van der Waals surface area (Å²) in [5.41, 5.74) is 8.91. The van der Waals surface area contributed by atoms with Gasteiger partial charge in [0.15, 0.2) is 0 Å². The molecule has 0 bridgehead atoms. The van der Waals surface area contributed by atoms with E-state index in [-0.39, 0.29) is 24.3 Å². The predicted octanol–water partition coefficient (Wildman–Crippen LogP) is 4.52. The van der Waals surface area contributed by atoms with Crippen LogP contribution < -0.4 is 11.1 Å². The van der Waals surface area contributed by atoms with Crippen molar-refractivity contribution >= 4 is 34.2 Å². The van der Waals surface area contributed by atoms with Crippen LogP contribution in [0.4, 0.5) is 9.80 Å². The molecule has 34 heavy (non-hydrogen) atoms. The zero-order valence-electron chi connectivity index (χ0n) is 19.0. The number of rotatable bonds is 7. The van der Waals surface area contributed by atoms with Crippen LogP contribution >= 0.6 is 11.3 Å². The highest BCUT2D eigenvalue weighted by molar-refractivity contribution is 7.17. The minimum atomic E-state index is -0.583. The van der Waals surface area contributed by atoms with E-state index in [1.807, 2.05) is 60.7 Å². The second-order valence-corrected chi connectivity index (χ2v) is 9.17. The van der Waals surface area contributed by atoms with E-state index in [9.17, 15) is 14.4 Å². The average Bonchev–Trinajstić information content (AvgIpc) is 3.21. The third-order valence-corrected chi connectivity index (χ3v) is 7.01. The summed E-state index contributed by atoms with van der Waals surface area (Å²) in [7, 11) is 0. The Labute approximate surface area is 202 Å². The van der Waals surface area contributed by atoms with E-state index < -0.39 is 5.91 Å². The summed E-state index contributed by atoms with van der Waals surface area (Å²) in [6.45, 7) is 2.81. The van der Waals surface area contributed by atoms with E-state index in [0.717, 1.165) is 21.6 Å². The largest absolute Gasteiger partial charge is 0.450 e. The van der Waals surface area contributed by atoms with E-state index in [2.05, 4.69) is 5.32 Å². The van der Waals surface area contributed by atoms with Crippen LogP contribution in [0, 0.1) is 0 Å². The molecule has 1 aromatic heterocycles. The molecule has 0 saturated carbocycles. The molecule has 3 aromatic rings. The van der Waals surface area contributed by atoms with Gasteiger partial charge in [0.25, 0.3) is 5.91 Å². The summed E-state index contributed by atoms with van der Waals surface area (Å²) >= 11 is 1.29. The monoisotopic (exact) mass is 477 g/mol. The number of anilines is 1. The topological polar surface area (TPSA) is 102 Å². The van der Waals surface area contributed by atoms with Crippen molar-refractivity contribution in [2.45, 2.75) is 32.2 Å². The number of carbonyl (C=O) groups excluding carboxylic acids is 3. The summed E-state index contributed by atoms with van der Waals surface area (Å²) in [5, 5.41) is 3.37. The normalized spacial score (nSPS) is 12.8. The zero-order chi connectivity index (χ0) is 24.1. The minimum Gasteiger partial charge on any atom is -0.450 e. The van der Waals surface area contributed by atoms with Gasteiger partial charge in [0.2, 0.25) is 5.91 Å². The molecule has 0 saturated heterocycles. The lowest BCUT2D eigenvalue weighted by Crippen LogP contribution is -2.36. The molecule has 2 aromatic carbocycles. The molecule has 7 nitrogen and oxygen atoms in total. The summed E-state index contributed by atoms with van der Waals surface area (Å²) < 4.78 is 5.10. The standard InChI is InChI=1S/C26H27N3O4S/c1-2-33-26(32)29-14-13-19-21(16-29)34-25(23(19)24(27)31)28-22(30)15-20(17-9-5-3-6-10-17)18-11-7-4-8-12-18/h3-12,20H,2,13-16H2,1H3,(H2,27,31)(H,28,30). The van der Waals surface area contributed by atoms with Gasteiger partial charge < -0.3 is 20.7 Å². The van der Waals surface area contributed by atoms with Crippen molar-refractivity contribution in [1.29, 1.82) is 0 Å². The number of thiophene rings is 1. The Hall–Kier alpha value is -3.65. The Kier molecular flexibility index (Phi) is 7.27. The molecule has 0 atom stereocenters. The molecule has 176 valence electrons. The van der Waals surface area contributed by atoms with Crippen LogP contribution in [0.3, 0.4) is 0 Å². The highest BCUT2D eigenvalue weighted by Crippen LogP contribution is 2.38. The number of hydrogen-bond donors (Lipinski definition) is 2. The fourth-order valence-electron chi connectivity index (χ4n) is 4.28. The number of nitrogens with two attached hydrogens (primary N) is 1. The van der Waals surface area contributed by atoms with E-state index in [4.69, 9.17) is 10.5 Å². The number of hydrogen-bond acceptors (Lipinski definition) is 5. The Morgan fingerprint density at radius 1 is 1.06 bits per heavy atom. The van der Waals surface area contributed by atoms with Crippen molar-refractivity contribution in [1.82, 2.24) is 4.90 Å². The van der Waals surface area contributed by atoms with E-state index >= 15 is 0 Å². The fourth-order valence-corrected chi connectivity index (χ4v) is 5.57. The van der Waals surface area contributed by atoms with Crippen LogP contribution in [-0.4, -0.2) is 36.0 Å². The molecule has 1 aliphatic heterocycles. The number of nitrogens with one attached hydrogen (secondary N) is 1. The Morgan fingerprint density at radius 3 is 2.24 bits per heavy atom. The zero-order valence-corrected chi connectivity index (χ0v) is 19.8. The highest BCUT2D eigenvalue weighted by atomic mass is 32.1. The number of primary amides is 1. The summed E-state index contributed by atoms with van der Waals surface area (Å²) in [5.74, 6) is -0.922. The van der Waals surface area contributed by atoms with Gasteiger partial charge in [-0.3, -0.25) is 9.59 Å². The Morgan fingerprint density at radius 2 is 1.68 bits per heavy atom. The van der Waals surface area contributed by atoms with E-state index in [1.165, 1.54) is 11.3 Å². The predicted molar refractivity (Wildman–Crippen MR) is 132 cm³/mol. The number of carbonyl (C=O) groups is 3. The van der Waals surface area contributed by atoms with Gasteiger partial charge in [-0.15, -0.1) is 11.3 Å². The number of benzene rings is 2. The second kappa shape index (κ2) is 10.5. The van der Waals surface area contributed by atoms with Gasteiger partial charge in [-0.2, -0.15) is 0 Å². The van der Waals surface area contributed by atoms with Crippen molar-refractivity contribution in [2.24, 2.45) is 5.73 Å². The molecule has 4 rings (SSSR count). The molecule has 0 spiro atoms. The van der Waals surface area contributed by atoms with Crippen LogP contribution in [0.5, 0.6) is 0 Å². The van der Waals surface area contributed by atoms with Crippen LogP contribution in [0.2, 0.25) is 0 Å². The second-order valence-electron chi connectivity index (χ2n) is 8.07. The van der Waals surface area contributed by atoms with Gasteiger partial charge in [-0.1, -0.05) is 60.7 Å². The smallest absolute Gasteiger partial charge is 0.410 e. The van der Waals surface area contributed by atoms with Crippen molar-refractivity contribution in [3.05, 3.63) is 87.8 Å². The number of amides is 3. The van der Waals surface area contributed by atoms with Crippen molar-refractivity contribution in [3.8, 4) is 0 Å². The van der Waals surface area contributed by atoms with Gasteiger partial charge in [0.1, 0.15) is 5.00 Å². The van der Waals surface area contributed by atoms with Crippen LogP contribution in [0.1, 0.15) is 51.2 Å². The SMILES string of the molecule is CCOC(=O)N1CCc2c(sc(NC(=O)CC(c3ccccc3)c3ccccc3)c2C(N)=O)C1. The third-order valence-electron chi connectivity index (χ3n) is 5.88. The van der Waals surface area contributed by atoms with Gasteiger partial charge in [0, 0.05) is 23.8 Å². The molecule has 0 radical (unpaired) electrons. The van der Waals surface area contributed by atoms with Gasteiger partial charge in [-0.05, 0) is 30.0 Å². The lowest BCUT2D eigenvalue weighted by molar-refractivity contribution is -0.116. The molecular formula is C26H27N3O4S. The number of fused-ring (bicyclic) bond motifs is 1. The molecule has 8 heteroatoms.